The van der Waals surface area contributed by atoms with Gasteiger partial charge in [-0.05, 0) is 0 Å². The van der Waals surface area contributed by atoms with Crippen molar-refractivity contribution in [2.45, 2.75) is 24.1 Å². The van der Waals surface area contributed by atoms with Crippen LogP contribution in [-0.4, -0.2) is 53.3 Å². The molecule has 3 aliphatic rings. The molecular weight excluding hydrogens is 239 g/mol. The number of urea groups is 1. The molecule has 88 valence electrons. The Bertz CT molecular complexity index is 355. The number of rotatable bonds is 0. The number of thioether (sulfide) groups is 1. The molecule has 1 unspecified atom stereocenters. The lowest BCUT2D eigenvalue weighted by Gasteiger charge is -2.37. The molecule has 0 radical (unpaired) electrons. The van der Waals surface area contributed by atoms with Gasteiger partial charge in [-0.1, -0.05) is 0 Å². The average Bonchev–Trinajstić information content (AvgIpc) is 2.58. The first-order valence-corrected chi connectivity index (χ1v) is 5.87. The minimum Gasteiger partial charge on any atom is -0.351 e. The molecule has 3 amide bonds. The maximum Gasteiger partial charge on any atom is 0.328 e. The Kier molecular flexibility index (Phi) is 2.30. The zero-order valence-electron chi connectivity index (χ0n) is 8.09. The predicted molar refractivity (Wildman–Crippen MR) is 51.1 cm³/mol. The number of halogens is 1. The highest BCUT2D eigenvalue weighted by atomic mass is 32.2. The number of ether oxygens (including phenoxy) is 2. The van der Waals surface area contributed by atoms with Crippen LogP contribution in [0, 0.1) is 0 Å². The van der Waals surface area contributed by atoms with Crippen molar-refractivity contribution in [2.24, 2.45) is 0 Å². The Morgan fingerprint density at radius 3 is 3.12 bits per heavy atom. The fourth-order valence-corrected chi connectivity index (χ4v) is 2.94. The molecule has 2 bridgehead atoms. The largest absolute Gasteiger partial charge is 0.351 e. The molecule has 0 aliphatic carbocycles. The molecule has 3 heterocycles. The van der Waals surface area contributed by atoms with Crippen molar-refractivity contribution in [1.29, 1.82) is 0 Å². The zero-order valence-corrected chi connectivity index (χ0v) is 8.91. The first-order valence-electron chi connectivity index (χ1n) is 4.83. The molecule has 3 fully saturated rings. The van der Waals surface area contributed by atoms with Crippen molar-refractivity contribution >= 4 is 23.7 Å². The van der Waals surface area contributed by atoms with E-state index in [9.17, 15) is 14.0 Å². The van der Waals surface area contributed by atoms with E-state index in [0.29, 0.717) is 5.75 Å². The Balaban J connectivity index is 1.92. The molecule has 3 aliphatic heterocycles. The van der Waals surface area contributed by atoms with Gasteiger partial charge in [0.05, 0.1) is 6.61 Å². The van der Waals surface area contributed by atoms with Gasteiger partial charge in [0.25, 0.3) is 5.91 Å². The molecule has 0 saturated carbocycles. The quantitative estimate of drug-likeness (QED) is 0.634. The standard InChI is InChI=1S/C8H9FN2O4S/c9-5-6(12)10-8(13)11-3-2-16-4(15-3)1-14-7(5)11/h3-5,7H,1-2H2,(H,10,12,13)/t3-,4+,5?,7+/m0/s1. The molecule has 16 heavy (non-hydrogen) atoms. The Morgan fingerprint density at radius 2 is 2.31 bits per heavy atom. The zero-order chi connectivity index (χ0) is 11.3. The van der Waals surface area contributed by atoms with Crippen molar-refractivity contribution in [2.75, 3.05) is 12.4 Å². The molecule has 1 N–H and O–H groups in total. The first kappa shape index (κ1) is 10.3. The molecule has 3 rings (SSSR count). The van der Waals surface area contributed by atoms with Crippen molar-refractivity contribution in [3.63, 3.8) is 0 Å². The van der Waals surface area contributed by atoms with Crippen LogP contribution in [0.5, 0.6) is 0 Å². The molecule has 6 nitrogen and oxygen atoms in total. The van der Waals surface area contributed by atoms with Gasteiger partial charge in [0.2, 0.25) is 6.17 Å². The number of carbonyl (C=O) groups is 2. The van der Waals surface area contributed by atoms with Crippen molar-refractivity contribution in [3.8, 4) is 0 Å². The van der Waals surface area contributed by atoms with E-state index >= 15 is 0 Å². The summed E-state index contributed by atoms with van der Waals surface area (Å²) in [7, 11) is 0. The van der Waals surface area contributed by atoms with Crippen LogP contribution in [0.15, 0.2) is 0 Å². The fourth-order valence-electron chi connectivity index (χ4n) is 1.94. The number of hydrogen-bond donors (Lipinski definition) is 1. The van der Waals surface area contributed by atoms with E-state index in [1.165, 1.54) is 11.8 Å². The number of fused-ring (bicyclic) bond motifs is 4. The number of imide groups is 1. The summed E-state index contributed by atoms with van der Waals surface area (Å²) in [5, 5.41) is 1.94. The van der Waals surface area contributed by atoms with Gasteiger partial charge in [-0.15, -0.1) is 11.8 Å². The highest BCUT2D eigenvalue weighted by molar-refractivity contribution is 8.00. The fraction of sp³-hybridized carbons (Fsp3) is 0.750. The molecule has 0 aromatic rings. The number of nitrogens with zero attached hydrogens (tertiary/aromatic N) is 1. The number of nitrogens with one attached hydrogen (secondary N) is 1. The van der Waals surface area contributed by atoms with Crippen LogP contribution in [0.2, 0.25) is 0 Å². The number of amides is 3. The molecule has 0 aromatic carbocycles. The van der Waals surface area contributed by atoms with Gasteiger partial charge >= 0.3 is 6.03 Å². The highest BCUT2D eigenvalue weighted by Gasteiger charge is 2.50. The summed E-state index contributed by atoms with van der Waals surface area (Å²) < 4.78 is 24.3. The van der Waals surface area contributed by atoms with Gasteiger partial charge in [0.1, 0.15) is 11.7 Å². The average molecular weight is 248 g/mol. The lowest BCUT2D eigenvalue weighted by atomic mass is 10.2. The molecule has 0 spiro atoms. The summed E-state index contributed by atoms with van der Waals surface area (Å²) in [6, 6.07) is -0.656. The van der Waals surface area contributed by atoms with Crippen molar-refractivity contribution in [1.82, 2.24) is 10.2 Å². The molecule has 4 atom stereocenters. The Labute approximate surface area is 94.4 Å². The topological polar surface area (TPSA) is 67.9 Å². The summed E-state index contributed by atoms with van der Waals surface area (Å²) in [4.78, 5) is 23.8. The minimum atomic E-state index is -1.86. The summed E-state index contributed by atoms with van der Waals surface area (Å²) in [6.07, 6.45) is -3.53. The lowest BCUT2D eigenvalue weighted by Crippen LogP contribution is -2.64. The van der Waals surface area contributed by atoms with E-state index in [2.05, 4.69) is 0 Å². The van der Waals surface area contributed by atoms with Crippen molar-refractivity contribution < 1.29 is 23.5 Å². The second-order valence-electron chi connectivity index (χ2n) is 3.68. The van der Waals surface area contributed by atoms with Gasteiger partial charge in [0.15, 0.2) is 6.23 Å². The maximum absolute atomic E-state index is 13.6. The van der Waals surface area contributed by atoms with Crippen LogP contribution >= 0.6 is 11.8 Å². The van der Waals surface area contributed by atoms with Gasteiger partial charge in [-0.25, -0.2) is 9.18 Å². The third-order valence-electron chi connectivity index (χ3n) is 2.69. The Hall–Kier alpha value is -0.860. The van der Waals surface area contributed by atoms with E-state index in [1.54, 1.807) is 0 Å². The SMILES string of the molecule is O=C1NC(=O)N2[C@@H]3CS[C@H](CO[C@@H]2C1F)O3. The molecule has 3 saturated heterocycles. The molecular formula is C8H9FN2O4S. The van der Waals surface area contributed by atoms with Gasteiger partial charge < -0.3 is 9.47 Å². The minimum absolute atomic E-state index is 0.184. The van der Waals surface area contributed by atoms with Gasteiger partial charge in [-0.3, -0.25) is 15.0 Å². The molecule has 8 heteroatoms. The normalized spacial score (nSPS) is 42.7. The second kappa shape index (κ2) is 3.57. The first-order chi connectivity index (χ1) is 7.66. The Morgan fingerprint density at radius 1 is 1.50 bits per heavy atom. The highest BCUT2D eigenvalue weighted by Crippen LogP contribution is 2.34. The van der Waals surface area contributed by atoms with Crippen LogP contribution < -0.4 is 5.32 Å². The number of hydrogen-bond acceptors (Lipinski definition) is 5. The number of alkyl halides is 1. The molecule has 0 aromatic heterocycles. The summed E-state index contributed by atoms with van der Waals surface area (Å²) in [5.74, 6) is -0.379. The predicted octanol–water partition coefficient (Wildman–Crippen LogP) is -0.352. The second-order valence-corrected chi connectivity index (χ2v) is 4.87. The summed E-state index contributed by atoms with van der Waals surface area (Å²) in [5.41, 5.74) is -0.189. The third-order valence-corrected chi connectivity index (χ3v) is 3.78. The van der Waals surface area contributed by atoms with Crippen molar-refractivity contribution in [3.05, 3.63) is 0 Å². The third kappa shape index (κ3) is 1.40. The van der Waals surface area contributed by atoms with Gasteiger partial charge in [-0.2, -0.15) is 0 Å². The van der Waals surface area contributed by atoms with E-state index in [-0.39, 0.29) is 12.0 Å². The van der Waals surface area contributed by atoms with Crippen LogP contribution in [0.4, 0.5) is 9.18 Å². The maximum atomic E-state index is 13.6. The van der Waals surface area contributed by atoms with Crippen LogP contribution in [0.1, 0.15) is 0 Å². The van der Waals surface area contributed by atoms with Crippen LogP contribution in [0.3, 0.4) is 0 Å². The monoisotopic (exact) mass is 248 g/mol. The summed E-state index contributed by atoms with van der Waals surface area (Å²) in [6.45, 7) is 0.184. The van der Waals surface area contributed by atoms with Crippen LogP contribution in [-0.2, 0) is 14.3 Å². The van der Waals surface area contributed by atoms with E-state index in [4.69, 9.17) is 9.47 Å². The van der Waals surface area contributed by atoms with Gasteiger partial charge in [0, 0.05) is 5.75 Å². The van der Waals surface area contributed by atoms with Crippen LogP contribution in [0.25, 0.3) is 0 Å². The van der Waals surface area contributed by atoms with E-state index < -0.39 is 30.6 Å². The smallest absolute Gasteiger partial charge is 0.328 e. The van der Waals surface area contributed by atoms with E-state index in [0.717, 1.165) is 4.90 Å². The lowest BCUT2D eigenvalue weighted by molar-refractivity contribution is -0.148. The summed E-state index contributed by atoms with van der Waals surface area (Å²) >= 11 is 1.51. The van der Waals surface area contributed by atoms with E-state index in [1.807, 2.05) is 5.32 Å². The number of carbonyl (C=O) groups excluding carboxylic acids is 2.